The summed E-state index contributed by atoms with van der Waals surface area (Å²) >= 11 is 0. The lowest BCUT2D eigenvalue weighted by Gasteiger charge is -2.14. The van der Waals surface area contributed by atoms with E-state index < -0.39 is 6.09 Å². The van der Waals surface area contributed by atoms with Crippen LogP contribution in [0.15, 0.2) is 35.5 Å². The molecule has 0 heterocycles. The Balaban J connectivity index is 2.45. The summed E-state index contributed by atoms with van der Waals surface area (Å²) in [6, 6.07) is 9.48. The highest BCUT2D eigenvalue weighted by molar-refractivity contribution is 5.79. The quantitative estimate of drug-likeness (QED) is 0.444. The number of nitrogens with zero attached hydrogens (tertiary/aromatic N) is 2. The molecule has 4 nitrogen and oxygen atoms in total. The average Bonchev–Trinajstić information content (AvgIpc) is 2.32. The van der Waals surface area contributed by atoms with E-state index in [1.54, 1.807) is 4.90 Å². The minimum absolute atomic E-state index is 0.419. The number of oxime groups is 1. The molecular formula is C12H16N2O2. The first-order valence-corrected chi connectivity index (χ1v) is 5.32. The Labute approximate surface area is 95.5 Å². The van der Waals surface area contributed by atoms with Crippen LogP contribution in [-0.4, -0.2) is 30.3 Å². The summed E-state index contributed by atoms with van der Waals surface area (Å²) in [5.74, 6) is 0. The van der Waals surface area contributed by atoms with Crippen molar-refractivity contribution in [1.82, 2.24) is 4.90 Å². The van der Waals surface area contributed by atoms with E-state index in [2.05, 4.69) is 5.16 Å². The van der Waals surface area contributed by atoms with Gasteiger partial charge >= 0.3 is 6.09 Å². The molecule has 0 saturated carbocycles. The summed E-state index contributed by atoms with van der Waals surface area (Å²) in [6.07, 6.45) is 1.10. The predicted molar refractivity (Wildman–Crippen MR) is 63.4 cm³/mol. The maximum absolute atomic E-state index is 11.4. The molecule has 1 rings (SSSR count). The monoisotopic (exact) mass is 220 g/mol. The van der Waals surface area contributed by atoms with Crippen LogP contribution in [0.4, 0.5) is 4.79 Å². The highest BCUT2D eigenvalue weighted by Gasteiger charge is 2.09. The van der Waals surface area contributed by atoms with Crippen molar-refractivity contribution in [3.63, 3.8) is 0 Å². The van der Waals surface area contributed by atoms with Crippen molar-refractivity contribution >= 4 is 12.3 Å². The van der Waals surface area contributed by atoms with E-state index in [0.29, 0.717) is 13.1 Å². The molecule has 0 saturated heterocycles. The largest absolute Gasteiger partial charge is 0.435 e. The molecule has 0 fully saturated rings. The van der Waals surface area contributed by atoms with Gasteiger partial charge in [0.1, 0.15) is 0 Å². The maximum atomic E-state index is 11.4. The molecule has 0 aliphatic carbocycles. The van der Waals surface area contributed by atoms with Crippen LogP contribution in [0.5, 0.6) is 0 Å². The van der Waals surface area contributed by atoms with E-state index in [1.165, 1.54) is 6.21 Å². The zero-order valence-corrected chi connectivity index (χ0v) is 9.59. The highest BCUT2D eigenvalue weighted by atomic mass is 16.7. The van der Waals surface area contributed by atoms with Crippen LogP contribution >= 0.6 is 0 Å². The fraction of sp³-hybridized carbons (Fsp3) is 0.333. The molecule has 4 heteroatoms. The average molecular weight is 220 g/mol. The van der Waals surface area contributed by atoms with Gasteiger partial charge in [-0.1, -0.05) is 35.5 Å². The van der Waals surface area contributed by atoms with Crippen LogP contribution in [0, 0.1) is 0 Å². The number of amides is 1. The summed E-state index contributed by atoms with van der Waals surface area (Å²) in [6.45, 7) is 5.03. The lowest BCUT2D eigenvalue weighted by atomic mass is 10.2. The van der Waals surface area contributed by atoms with Gasteiger partial charge in [-0.25, -0.2) is 4.79 Å². The van der Waals surface area contributed by atoms with Crippen LogP contribution in [-0.2, 0) is 4.84 Å². The van der Waals surface area contributed by atoms with Crippen LogP contribution in [0.3, 0.4) is 0 Å². The predicted octanol–water partition coefficient (Wildman–Crippen LogP) is 2.50. The Kier molecular flexibility index (Phi) is 5.05. The van der Waals surface area contributed by atoms with Gasteiger partial charge in [-0.15, -0.1) is 0 Å². The maximum Gasteiger partial charge on any atom is 0.435 e. The van der Waals surface area contributed by atoms with E-state index in [9.17, 15) is 4.79 Å². The summed E-state index contributed by atoms with van der Waals surface area (Å²) < 4.78 is 0. The lowest BCUT2D eigenvalue weighted by Crippen LogP contribution is -2.29. The number of carbonyl (C=O) groups is 1. The van der Waals surface area contributed by atoms with Gasteiger partial charge in [0, 0.05) is 13.1 Å². The number of hydrogen-bond acceptors (Lipinski definition) is 3. The molecular weight excluding hydrogens is 204 g/mol. The summed E-state index contributed by atoms with van der Waals surface area (Å²) in [5, 5.41) is 3.64. The van der Waals surface area contributed by atoms with Crippen LogP contribution in [0.25, 0.3) is 0 Å². The SMILES string of the molecule is CCN(CC)C(=O)O/N=C\c1ccccc1. The summed E-state index contributed by atoms with van der Waals surface area (Å²) in [5.41, 5.74) is 0.898. The third kappa shape index (κ3) is 3.73. The molecule has 16 heavy (non-hydrogen) atoms. The van der Waals surface area contributed by atoms with Gasteiger partial charge < -0.3 is 4.90 Å². The molecule has 0 spiro atoms. The third-order valence-corrected chi connectivity index (χ3v) is 2.15. The topological polar surface area (TPSA) is 41.9 Å². The first kappa shape index (κ1) is 12.2. The fourth-order valence-corrected chi connectivity index (χ4v) is 1.21. The van der Waals surface area contributed by atoms with E-state index in [-0.39, 0.29) is 0 Å². The molecule has 0 N–H and O–H groups in total. The Bertz CT molecular complexity index is 345. The van der Waals surface area contributed by atoms with Gasteiger partial charge in [0.15, 0.2) is 0 Å². The zero-order valence-electron chi connectivity index (χ0n) is 9.59. The molecule has 0 aromatic heterocycles. The third-order valence-electron chi connectivity index (χ3n) is 2.15. The first-order chi connectivity index (χ1) is 7.77. The molecule has 0 bridgehead atoms. The molecule has 1 aromatic carbocycles. The minimum atomic E-state index is -0.419. The van der Waals surface area contributed by atoms with Crippen LogP contribution < -0.4 is 0 Å². The Morgan fingerprint density at radius 1 is 1.31 bits per heavy atom. The zero-order chi connectivity index (χ0) is 11.8. The van der Waals surface area contributed by atoms with Gasteiger partial charge in [0.2, 0.25) is 0 Å². The Hall–Kier alpha value is -1.84. The second-order valence-corrected chi connectivity index (χ2v) is 3.17. The Morgan fingerprint density at radius 2 is 1.94 bits per heavy atom. The Morgan fingerprint density at radius 3 is 2.50 bits per heavy atom. The van der Waals surface area contributed by atoms with E-state index >= 15 is 0 Å². The van der Waals surface area contributed by atoms with E-state index in [4.69, 9.17) is 4.84 Å². The molecule has 0 aliphatic rings. The number of hydrogen-bond donors (Lipinski definition) is 0. The van der Waals surface area contributed by atoms with Crippen molar-refractivity contribution in [3.05, 3.63) is 35.9 Å². The van der Waals surface area contributed by atoms with Crippen molar-refractivity contribution in [3.8, 4) is 0 Å². The molecule has 0 unspecified atom stereocenters. The molecule has 1 amide bonds. The molecule has 1 aromatic rings. The van der Waals surface area contributed by atoms with Gasteiger partial charge in [-0.05, 0) is 19.4 Å². The van der Waals surface area contributed by atoms with Gasteiger partial charge in [-0.3, -0.25) is 4.84 Å². The molecule has 86 valence electrons. The molecule has 0 radical (unpaired) electrons. The molecule has 0 atom stereocenters. The second-order valence-electron chi connectivity index (χ2n) is 3.17. The van der Waals surface area contributed by atoms with E-state index in [1.807, 2.05) is 44.2 Å². The van der Waals surface area contributed by atoms with Crippen molar-refractivity contribution in [1.29, 1.82) is 0 Å². The van der Waals surface area contributed by atoms with Crippen LogP contribution in [0.1, 0.15) is 19.4 Å². The molecule has 0 aliphatic heterocycles. The minimum Gasteiger partial charge on any atom is -0.307 e. The van der Waals surface area contributed by atoms with E-state index in [0.717, 1.165) is 5.56 Å². The summed E-state index contributed by atoms with van der Waals surface area (Å²) in [4.78, 5) is 17.7. The smallest absolute Gasteiger partial charge is 0.307 e. The van der Waals surface area contributed by atoms with Crippen molar-refractivity contribution in [2.45, 2.75) is 13.8 Å². The van der Waals surface area contributed by atoms with Crippen molar-refractivity contribution in [2.24, 2.45) is 5.16 Å². The standard InChI is InChI=1S/C12H16N2O2/c1-3-14(4-2)12(15)16-13-10-11-8-6-5-7-9-11/h5-10H,3-4H2,1-2H3/b13-10-. The lowest BCUT2D eigenvalue weighted by molar-refractivity contribution is 0.110. The van der Waals surface area contributed by atoms with Crippen molar-refractivity contribution in [2.75, 3.05) is 13.1 Å². The van der Waals surface area contributed by atoms with Gasteiger partial charge in [-0.2, -0.15) is 0 Å². The fourth-order valence-electron chi connectivity index (χ4n) is 1.21. The van der Waals surface area contributed by atoms with Crippen molar-refractivity contribution < 1.29 is 9.63 Å². The number of rotatable bonds is 4. The highest BCUT2D eigenvalue weighted by Crippen LogP contribution is 1.96. The summed E-state index contributed by atoms with van der Waals surface area (Å²) in [7, 11) is 0. The van der Waals surface area contributed by atoms with Gasteiger partial charge in [0.05, 0.1) is 6.21 Å². The normalized spacial score (nSPS) is 10.4. The van der Waals surface area contributed by atoms with Crippen LogP contribution in [0.2, 0.25) is 0 Å². The number of carbonyl (C=O) groups excluding carboxylic acids is 1. The second kappa shape index (κ2) is 6.61. The van der Waals surface area contributed by atoms with Gasteiger partial charge in [0.25, 0.3) is 0 Å². The number of benzene rings is 1. The first-order valence-electron chi connectivity index (χ1n) is 5.32.